The number of para-hydroxylation sites is 1. The minimum atomic E-state index is -4.14. The van der Waals surface area contributed by atoms with Gasteiger partial charge in [0.1, 0.15) is 29.1 Å². The van der Waals surface area contributed by atoms with Crippen LogP contribution in [0.25, 0.3) is 0 Å². The van der Waals surface area contributed by atoms with Gasteiger partial charge in [0.25, 0.3) is 0 Å². The molecule has 0 saturated carbocycles. The fourth-order valence-corrected chi connectivity index (χ4v) is 4.42. The second-order valence-corrected chi connectivity index (χ2v) is 8.79. The molecule has 3 aromatic rings. The molecule has 9 heteroatoms. The fraction of sp³-hybridized carbons (Fsp3) is 0.174. The first-order chi connectivity index (χ1) is 15.2. The lowest BCUT2D eigenvalue weighted by molar-refractivity contribution is -0.117. The highest BCUT2D eigenvalue weighted by atomic mass is 32.2. The Kier molecular flexibility index (Phi) is 7.22. The standard InChI is InChI=1S/C23H22F2N2O4S/c1-15-13-17(11-12-21(15)31-2)32(29,30)27-20(14-16-7-4-3-5-8-16)23(28)26-22-18(24)9-6-10-19(22)25/h3-13,20,27H,14H2,1-2H3,(H,26,28)/t20-/m1/s1. The summed E-state index contributed by atoms with van der Waals surface area (Å²) in [6.45, 7) is 1.69. The summed E-state index contributed by atoms with van der Waals surface area (Å²) in [5, 5.41) is 2.17. The summed E-state index contributed by atoms with van der Waals surface area (Å²) in [6.07, 6.45) is -0.0306. The highest BCUT2D eigenvalue weighted by Gasteiger charge is 2.28. The zero-order valence-corrected chi connectivity index (χ0v) is 18.2. The minimum Gasteiger partial charge on any atom is -0.496 e. The molecular weight excluding hydrogens is 438 g/mol. The highest BCUT2D eigenvalue weighted by molar-refractivity contribution is 7.89. The molecule has 168 valence electrons. The molecule has 3 aromatic carbocycles. The Balaban J connectivity index is 1.92. The van der Waals surface area contributed by atoms with Crippen LogP contribution in [0.3, 0.4) is 0 Å². The molecule has 1 amide bonds. The van der Waals surface area contributed by atoms with E-state index in [2.05, 4.69) is 10.0 Å². The van der Waals surface area contributed by atoms with Crippen LogP contribution < -0.4 is 14.8 Å². The first-order valence-electron chi connectivity index (χ1n) is 9.67. The van der Waals surface area contributed by atoms with E-state index in [0.717, 1.165) is 18.2 Å². The van der Waals surface area contributed by atoms with Crippen LogP contribution in [-0.2, 0) is 21.2 Å². The second-order valence-electron chi connectivity index (χ2n) is 7.08. The Hall–Kier alpha value is -3.30. The quantitative estimate of drug-likeness (QED) is 0.536. The van der Waals surface area contributed by atoms with Crippen molar-refractivity contribution in [3.63, 3.8) is 0 Å². The van der Waals surface area contributed by atoms with E-state index in [-0.39, 0.29) is 11.3 Å². The lowest BCUT2D eigenvalue weighted by atomic mass is 10.1. The first-order valence-corrected chi connectivity index (χ1v) is 11.2. The number of benzene rings is 3. The van der Waals surface area contributed by atoms with Crippen molar-refractivity contribution in [3.8, 4) is 5.75 Å². The molecule has 1 atom stereocenters. The average molecular weight is 461 g/mol. The number of carbonyl (C=O) groups is 1. The molecule has 32 heavy (non-hydrogen) atoms. The van der Waals surface area contributed by atoms with Gasteiger partial charge in [0.2, 0.25) is 15.9 Å². The van der Waals surface area contributed by atoms with Gasteiger partial charge in [0, 0.05) is 0 Å². The summed E-state index contributed by atoms with van der Waals surface area (Å²) < 4.78 is 61.5. The molecule has 0 spiro atoms. The van der Waals surface area contributed by atoms with Crippen molar-refractivity contribution >= 4 is 21.6 Å². The van der Waals surface area contributed by atoms with Gasteiger partial charge in [-0.25, -0.2) is 17.2 Å². The van der Waals surface area contributed by atoms with E-state index in [1.165, 1.54) is 25.3 Å². The minimum absolute atomic E-state index is 0.0306. The number of halogens is 2. The summed E-state index contributed by atoms with van der Waals surface area (Å²) in [5.74, 6) is -2.32. The van der Waals surface area contributed by atoms with Crippen LogP contribution in [0.2, 0.25) is 0 Å². The van der Waals surface area contributed by atoms with Crippen LogP contribution in [0.4, 0.5) is 14.5 Å². The number of methoxy groups -OCH3 is 1. The summed E-state index contributed by atoms with van der Waals surface area (Å²) in [7, 11) is -2.67. The molecule has 3 rings (SSSR count). The number of anilines is 1. The molecule has 0 aliphatic carbocycles. The second kappa shape index (κ2) is 9.88. The molecule has 0 aliphatic heterocycles. The number of hydrogen-bond acceptors (Lipinski definition) is 4. The van der Waals surface area contributed by atoms with Crippen LogP contribution in [-0.4, -0.2) is 27.5 Å². The van der Waals surface area contributed by atoms with E-state index in [1.807, 2.05) is 0 Å². The Morgan fingerprint density at radius 1 is 1.00 bits per heavy atom. The number of amides is 1. The Bertz CT molecular complexity index is 1200. The van der Waals surface area contributed by atoms with E-state index >= 15 is 0 Å². The number of ether oxygens (including phenoxy) is 1. The maximum Gasteiger partial charge on any atom is 0.243 e. The number of nitrogens with one attached hydrogen (secondary N) is 2. The van der Waals surface area contributed by atoms with Gasteiger partial charge in [-0.15, -0.1) is 0 Å². The lowest BCUT2D eigenvalue weighted by Gasteiger charge is -2.19. The third-order valence-corrected chi connectivity index (χ3v) is 6.25. The molecule has 6 nitrogen and oxygen atoms in total. The number of rotatable bonds is 8. The van der Waals surface area contributed by atoms with Crippen molar-refractivity contribution in [2.75, 3.05) is 12.4 Å². The molecule has 0 radical (unpaired) electrons. The normalized spacial score (nSPS) is 12.2. The summed E-state index contributed by atoms with van der Waals surface area (Å²) in [4.78, 5) is 12.8. The van der Waals surface area contributed by atoms with Crippen molar-refractivity contribution in [1.29, 1.82) is 0 Å². The molecule has 0 saturated heterocycles. The van der Waals surface area contributed by atoms with Gasteiger partial charge in [-0.1, -0.05) is 36.4 Å². The SMILES string of the molecule is COc1ccc(S(=O)(=O)N[C@H](Cc2ccccc2)C(=O)Nc2c(F)cccc2F)cc1C. The van der Waals surface area contributed by atoms with Gasteiger partial charge in [0.05, 0.1) is 12.0 Å². The number of sulfonamides is 1. The summed E-state index contributed by atoms with van der Waals surface area (Å²) in [6, 6.07) is 14.8. The molecule has 2 N–H and O–H groups in total. The zero-order chi connectivity index (χ0) is 23.3. The molecule has 0 aliphatic rings. The van der Waals surface area contributed by atoms with Crippen molar-refractivity contribution in [2.24, 2.45) is 0 Å². The molecule has 0 bridgehead atoms. The maximum absolute atomic E-state index is 14.0. The van der Waals surface area contributed by atoms with Crippen LogP contribution >= 0.6 is 0 Å². The van der Waals surface area contributed by atoms with Gasteiger partial charge in [-0.2, -0.15) is 4.72 Å². The smallest absolute Gasteiger partial charge is 0.243 e. The van der Waals surface area contributed by atoms with Crippen molar-refractivity contribution in [2.45, 2.75) is 24.3 Å². The van der Waals surface area contributed by atoms with E-state index in [1.54, 1.807) is 37.3 Å². The topological polar surface area (TPSA) is 84.5 Å². The van der Waals surface area contributed by atoms with Gasteiger partial charge in [-0.05, 0) is 54.8 Å². The number of carbonyl (C=O) groups excluding carboxylic acids is 1. The summed E-state index contributed by atoms with van der Waals surface area (Å²) in [5.41, 5.74) is 0.609. The predicted molar refractivity (Wildman–Crippen MR) is 117 cm³/mol. The zero-order valence-electron chi connectivity index (χ0n) is 17.4. The number of hydrogen-bond donors (Lipinski definition) is 2. The molecule has 0 heterocycles. The third kappa shape index (κ3) is 5.49. The van der Waals surface area contributed by atoms with E-state index in [4.69, 9.17) is 4.74 Å². The van der Waals surface area contributed by atoms with E-state index < -0.39 is 39.3 Å². The maximum atomic E-state index is 14.0. The monoisotopic (exact) mass is 460 g/mol. The van der Waals surface area contributed by atoms with Gasteiger partial charge in [0.15, 0.2) is 0 Å². The van der Waals surface area contributed by atoms with Crippen LogP contribution in [0, 0.1) is 18.6 Å². The Morgan fingerprint density at radius 2 is 1.66 bits per heavy atom. The van der Waals surface area contributed by atoms with E-state index in [0.29, 0.717) is 16.9 Å². The fourth-order valence-electron chi connectivity index (χ4n) is 3.14. The van der Waals surface area contributed by atoms with Crippen molar-refractivity contribution in [3.05, 3.63) is 89.5 Å². The summed E-state index contributed by atoms with van der Waals surface area (Å²) >= 11 is 0. The van der Waals surface area contributed by atoms with Crippen LogP contribution in [0.5, 0.6) is 5.75 Å². The largest absolute Gasteiger partial charge is 0.496 e. The highest BCUT2D eigenvalue weighted by Crippen LogP contribution is 2.22. The van der Waals surface area contributed by atoms with Gasteiger partial charge < -0.3 is 10.1 Å². The van der Waals surface area contributed by atoms with Crippen molar-refractivity contribution < 1.29 is 26.7 Å². The molecule has 0 fully saturated rings. The van der Waals surface area contributed by atoms with Gasteiger partial charge >= 0.3 is 0 Å². The van der Waals surface area contributed by atoms with Crippen LogP contribution in [0.1, 0.15) is 11.1 Å². The lowest BCUT2D eigenvalue weighted by Crippen LogP contribution is -2.45. The third-order valence-electron chi connectivity index (χ3n) is 4.78. The molecule has 0 aromatic heterocycles. The average Bonchev–Trinajstić information content (AvgIpc) is 2.76. The van der Waals surface area contributed by atoms with E-state index in [9.17, 15) is 22.0 Å². The molecular formula is C23H22F2N2O4S. The Morgan fingerprint density at radius 3 is 2.25 bits per heavy atom. The van der Waals surface area contributed by atoms with Gasteiger partial charge in [-0.3, -0.25) is 4.79 Å². The number of aryl methyl sites for hydroxylation is 1. The predicted octanol–water partition coefficient (Wildman–Crippen LogP) is 3.81. The van der Waals surface area contributed by atoms with Crippen LogP contribution in [0.15, 0.2) is 71.6 Å². The van der Waals surface area contributed by atoms with Crippen molar-refractivity contribution in [1.82, 2.24) is 4.72 Å². The Labute approximate surface area is 185 Å². The molecule has 0 unspecified atom stereocenters. The first kappa shape index (κ1) is 23.4.